The molecule has 1 nitrogen and oxygen atoms in total. The van der Waals surface area contributed by atoms with Gasteiger partial charge in [-0.2, -0.15) is 0 Å². The van der Waals surface area contributed by atoms with Crippen molar-refractivity contribution in [2.75, 3.05) is 0 Å². The fourth-order valence-corrected chi connectivity index (χ4v) is 7.52. The Morgan fingerprint density at radius 2 is 0.920 bits per heavy atom. The Balaban J connectivity index is 0.000000157. The van der Waals surface area contributed by atoms with Crippen LogP contribution in [-0.4, -0.2) is 19.5 Å². The maximum atomic E-state index is 5.88. The molecule has 0 saturated heterocycles. The quantitative estimate of drug-likeness (QED) is 0.737. The molecule has 0 bridgehead atoms. The lowest BCUT2D eigenvalue weighted by molar-refractivity contribution is 0.347. The summed E-state index contributed by atoms with van der Waals surface area (Å²) in [5.41, 5.74) is 0. The summed E-state index contributed by atoms with van der Waals surface area (Å²) < 4.78 is 5.88. The highest BCUT2D eigenvalue weighted by atomic mass is 28.3. The molecule has 2 aromatic carbocycles. The first kappa shape index (κ1) is 18.6. The Bertz CT molecular complexity index is 522. The largest absolute Gasteiger partial charge is 0.458 e. The molecule has 0 heterocycles. The van der Waals surface area contributed by atoms with E-state index in [1.807, 2.05) is 12.1 Å². The molecule has 0 radical (unpaired) electrons. The standard InChI is InChI=1S/C12H14OSi2.C10H18/c1-3-7-11(8-4-1)14-13-15-12-9-5-2-6-10-12;1-2-6-9(5-1)10-7-3-4-8-10/h1-10H,14-15H2;9-10H,1-8H2. The molecule has 134 valence electrons. The van der Waals surface area contributed by atoms with Crippen LogP contribution >= 0.6 is 0 Å². The van der Waals surface area contributed by atoms with Gasteiger partial charge in [-0.05, 0) is 22.2 Å². The lowest BCUT2D eigenvalue weighted by Gasteiger charge is -2.16. The molecule has 2 aliphatic carbocycles. The zero-order valence-electron chi connectivity index (χ0n) is 15.4. The summed E-state index contributed by atoms with van der Waals surface area (Å²) >= 11 is 0. The van der Waals surface area contributed by atoms with Gasteiger partial charge in [0.15, 0.2) is 19.5 Å². The summed E-state index contributed by atoms with van der Waals surface area (Å²) in [6, 6.07) is 21.0. The lowest BCUT2D eigenvalue weighted by atomic mass is 9.90. The van der Waals surface area contributed by atoms with Crippen LogP contribution in [0, 0.1) is 11.8 Å². The van der Waals surface area contributed by atoms with Crippen LogP contribution in [0.2, 0.25) is 0 Å². The predicted octanol–water partition coefficient (Wildman–Crippen LogP) is 3.19. The second-order valence-corrected chi connectivity index (χ2v) is 11.4. The van der Waals surface area contributed by atoms with Crippen molar-refractivity contribution < 1.29 is 4.12 Å². The first-order valence-electron chi connectivity index (χ1n) is 10.1. The molecular weight excluding hydrogens is 336 g/mol. The van der Waals surface area contributed by atoms with Gasteiger partial charge in [-0.3, -0.25) is 0 Å². The van der Waals surface area contributed by atoms with Crippen molar-refractivity contribution in [1.82, 2.24) is 0 Å². The van der Waals surface area contributed by atoms with E-state index in [1.54, 1.807) is 25.7 Å². The first-order chi connectivity index (χ1) is 12.4. The van der Waals surface area contributed by atoms with Gasteiger partial charge in [0.2, 0.25) is 0 Å². The SMILES string of the molecule is C1CCC(C2CCCC2)C1.c1ccc([SiH2]O[SiH2]c2ccccc2)cc1. The molecular formula is C22H32OSi2. The molecule has 0 spiro atoms. The van der Waals surface area contributed by atoms with Crippen LogP contribution in [0.4, 0.5) is 0 Å². The Morgan fingerprint density at radius 1 is 0.560 bits per heavy atom. The van der Waals surface area contributed by atoms with Crippen molar-refractivity contribution >= 4 is 29.9 Å². The van der Waals surface area contributed by atoms with Gasteiger partial charge in [-0.25, -0.2) is 0 Å². The molecule has 0 N–H and O–H groups in total. The smallest absolute Gasteiger partial charge is 0.178 e. The minimum absolute atomic E-state index is 0.494. The van der Waals surface area contributed by atoms with Crippen molar-refractivity contribution in [1.29, 1.82) is 0 Å². The van der Waals surface area contributed by atoms with Gasteiger partial charge < -0.3 is 4.12 Å². The van der Waals surface area contributed by atoms with E-state index in [4.69, 9.17) is 4.12 Å². The van der Waals surface area contributed by atoms with E-state index >= 15 is 0 Å². The van der Waals surface area contributed by atoms with Crippen molar-refractivity contribution in [2.24, 2.45) is 11.8 Å². The van der Waals surface area contributed by atoms with Crippen molar-refractivity contribution in [3.05, 3.63) is 60.7 Å². The molecule has 0 aliphatic heterocycles. The second-order valence-electron chi connectivity index (χ2n) is 7.55. The average molecular weight is 369 g/mol. The van der Waals surface area contributed by atoms with Crippen molar-refractivity contribution in [3.8, 4) is 0 Å². The van der Waals surface area contributed by atoms with Gasteiger partial charge in [0, 0.05) is 0 Å². The van der Waals surface area contributed by atoms with Gasteiger partial charge in [-0.1, -0.05) is 112 Å². The number of hydrogen-bond donors (Lipinski definition) is 0. The third-order valence-corrected chi connectivity index (χ3v) is 8.93. The molecule has 3 heteroatoms. The van der Waals surface area contributed by atoms with E-state index in [0.717, 1.165) is 11.8 Å². The molecule has 0 atom stereocenters. The van der Waals surface area contributed by atoms with E-state index < -0.39 is 19.5 Å². The molecule has 2 fully saturated rings. The van der Waals surface area contributed by atoms with Crippen LogP contribution in [0.15, 0.2) is 60.7 Å². The van der Waals surface area contributed by atoms with Gasteiger partial charge in [0.25, 0.3) is 0 Å². The zero-order chi connectivity index (χ0) is 17.2. The molecule has 25 heavy (non-hydrogen) atoms. The van der Waals surface area contributed by atoms with Crippen LogP contribution in [0.1, 0.15) is 51.4 Å². The van der Waals surface area contributed by atoms with E-state index in [9.17, 15) is 0 Å². The van der Waals surface area contributed by atoms with Crippen molar-refractivity contribution in [2.45, 2.75) is 51.4 Å². The summed E-state index contributed by atoms with van der Waals surface area (Å²) in [5.74, 6) is 2.31. The molecule has 2 aliphatic rings. The summed E-state index contributed by atoms with van der Waals surface area (Å²) in [6.45, 7) is 0. The Morgan fingerprint density at radius 3 is 1.28 bits per heavy atom. The van der Waals surface area contributed by atoms with E-state index in [2.05, 4.69) is 48.5 Å². The van der Waals surface area contributed by atoms with Gasteiger partial charge in [-0.15, -0.1) is 0 Å². The average Bonchev–Trinajstić information content (AvgIpc) is 3.38. The maximum Gasteiger partial charge on any atom is 0.178 e. The fraction of sp³-hybridized carbons (Fsp3) is 0.455. The molecule has 4 rings (SSSR count). The van der Waals surface area contributed by atoms with E-state index in [0.29, 0.717) is 0 Å². The molecule has 2 saturated carbocycles. The summed E-state index contributed by atoms with van der Waals surface area (Å²) in [5, 5.41) is 2.78. The maximum absolute atomic E-state index is 5.88. The molecule has 0 unspecified atom stereocenters. The van der Waals surface area contributed by atoms with Crippen LogP contribution < -0.4 is 10.4 Å². The Kier molecular flexibility index (Phi) is 8.00. The number of hydrogen-bond acceptors (Lipinski definition) is 1. The minimum atomic E-state index is -0.494. The van der Waals surface area contributed by atoms with Crippen molar-refractivity contribution in [3.63, 3.8) is 0 Å². The van der Waals surface area contributed by atoms with Crippen LogP contribution in [0.25, 0.3) is 0 Å². The highest BCUT2D eigenvalue weighted by Gasteiger charge is 2.26. The van der Waals surface area contributed by atoms with Crippen LogP contribution in [0.3, 0.4) is 0 Å². The summed E-state index contributed by atoms with van der Waals surface area (Å²) in [7, 11) is -0.987. The second kappa shape index (κ2) is 10.7. The molecule has 0 amide bonds. The normalized spacial score (nSPS) is 19.0. The molecule has 0 aromatic heterocycles. The highest BCUT2D eigenvalue weighted by molar-refractivity contribution is 6.60. The van der Waals surface area contributed by atoms with Gasteiger partial charge >= 0.3 is 0 Å². The van der Waals surface area contributed by atoms with Crippen LogP contribution in [0.5, 0.6) is 0 Å². The van der Waals surface area contributed by atoms with Crippen LogP contribution in [-0.2, 0) is 4.12 Å². The minimum Gasteiger partial charge on any atom is -0.458 e. The third kappa shape index (κ3) is 6.57. The predicted molar refractivity (Wildman–Crippen MR) is 114 cm³/mol. The molecule has 2 aromatic rings. The van der Waals surface area contributed by atoms with E-state index in [-0.39, 0.29) is 0 Å². The fourth-order valence-electron chi connectivity index (χ4n) is 4.29. The topological polar surface area (TPSA) is 9.23 Å². The summed E-state index contributed by atoms with van der Waals surface area (Å²) in [6.07, 6.45) is 12.4. The van der Waals surface area contributed by atoms with Gasteiger partial charge in [0.1, 0.15) is 0 Å². The van der Waals surface area contributed by atoms with E-state index in [1.165, 1.54) is 36.1 Å². The Labute approximate surface area is 158 Å². The van der Waals surface area contributed by atoms with Gasteiger partial charge in [0.05, 0.1) is 0 Å². The third-order valence-electron chi connectivity index (χ3n) is 5.69. The summed E-state index contributed by atoms with van der Waals surface area (Å²) in [4.78, 5) is 0. The number of benzene rings is 2. The Hall–Kier alpha value is -1.17. The highest BCUT2D eigenvalue weighted by Crippen LogP contribution is 2.39. The number of rotatable bonds is 5. The zero-order valence-corrected chi connectivity index (χ0v) is 18.2. The lowest BCUT2D eigenvalue weighted by Crippen LogP contribution is -2.25. The first-order valence-corrected chi connectivity index (χ1v) is 12.6. The monoisotopic (exact) mass is 368 g/mol.